The van der Waals surface area contributed by atoms with Crippen molar-refractivity contribution in [2.45, 2.75) is 25.3 Å². The lowest BCUT2D eigenvalue weighted by Crippen LogP contribution is -2.12. The molecule has 1 amide bonds. The second-order valence-electron chi connectivity index (χ2n) is 7.71. The van der Waals surface area contributed by atoms with Gasteiger partial charge >= 0.3 is 0 Å². The number of amides is 1. The number of nitrogens with zero attached hydrogens (tertiary/aromatic N) is 4. The van der Waals surface area contributed by atoms with Gasteiger partial charge in [-0.05, 0) is 60.9 Å². The molecule has 1 aliphatic heterocycles. The summed E-state index contributed by atoms with van der Waals surface area (Å²) in [6.45, 7) is 0.550. The quantitative estimate of drug-likeness (QED) is 0.478. The summed E-state index contributed by atoms with van der Waals surface area (Å²) in [5, 5.41) is 13.2. The molecule has 0 atom stereocenters. The van der Waals surface area contributed by atoms with E-state index in [1.54, 1.807) is 0 Å². The van der Waals surface area contributed by atoms with Gasteiger partial charge in [0.05, 0.1) is 12.0 Å². The summed E-state index contributed by atoms with van der Waals surface area (Å²) in [5.41, 5.74) is 5.73. The van der Waals surface area contributed by atoms with Gasteiger partial charge in [-0.25, -0.2) is 4.98 Å². The number of aromatic amines is 1. The molecule has 0 bridgehead atoms. The second-order valence-corrected chi connectivity index (χ2v) is 7.71. The highest BCUT2D eigenvalue weighted by molar-refractivity contribution is 5.98. The molecule has 0 radical (unpaired) electrons. The molecule has 8 heteroatoms. The lowest BCUT2D eigenvalue weighted by molar-refractivity contribution is 0.0966. The van der Waals surface area contributed by atoms with Gasteiger partial charge in [0.1, 0.15) is 0 Å². The number of imidazole rings is 1. The number of hydrogen-bond donors (Lipinski definition) is 3. The van der Waals surface area contributed by atoms with Crippen LogP contribution in [0.25, 0.3) is 17.1 Å². The van der Waals surface area contributed by atoms with E-state index in [0.29, 0.717) is 24.2 Å². The van der Waals surface area contributed by atoms with Crippen LogP contribution in [0.1, 0.15) is 40.4 Å². The molecule has 2 aromatic heterocycles. The van der Waals surface area contributed by atoms with E-state index in [0.717, 1.165) is 28.1 Å². The lowest BCUT2D eigenvalue weighted by atomic mass is 10.1. The van der Waals surface area contributed by atoms with Crippen molar-refractivity contribution in [2.24, 2.45) is 0 Å². The Balaban J connectivity index is 1.19. The minimum atomic E-state index is -0.0281. The Bertz CT molecular complexity index is 1250. The monoisotopic (exact) mass is 397 g/mol. The smallest absolute Gasteiger partial charge is 0.251 e. The highest BCUT2D eigenvalue weighted by atomic mass is 16.1. The molecule has 148 valence electrons. The predicted octanol–water partition coefficient (Wildman–Crippen LogP) is 3.52. The number of anilines is 2. The molecule has 0 saturated heterocycles. The van der Waals surface area contributed by atoms with E-state index in [9.17, 15) is 4.79 Å². The molecule has 3 heterocycles. The first-order chi connectivity index (χ1) is 14.7. The van der Waals surface area contributed by atoms with Gasteiger partial charge in [-0.3, -0.25) is 9.89 Å². The molecule has 0 unspecified atom stereocenters. The van der Waals surface area contributed by atoms with Crippen LogP contribution >= 0.6 is 0 Å². The lowest BCUT2D eigenvalue weighted by Gasteiger charge is -2.04. The molecule has 4 aromatic rings. The van der Waals surface area contributed by atoms with E-state index >= 15 is 0 Å². The molecule has 30 heavy (non-hydrogen) atoms. The third-order valence-corrected chi connectivity index (χ3v) is 5.57. The fraction of sp³-hybridized carbons (Fsp3) is 0.182. The molecular weight excluding hydrogens is 378 g/mol. The van der Waals surface area contributed by atoms with Gasteiger partial charge in [0.2, 0.25) is 5.95 Å². The number of carbonyl (C=O) groups is 1. The van der Waals surface area contributed by atoms with Crippen molar-refractivity contribution in [3.8, 4) is 17.1 Å². The molecule has 1 fully saturated rings. The largest absolute Gasteiger partial charge is 0.348 e. The van der Waals surface area contributed by atoms with E-state index in [-0.39, 0.29) is 5.91 Å². The number of H-pyrrole nitrogens is 1. The topological polar surface area (TPSA) is 101 Å². The van der Waals surface area contributed by atoms with Crippen LogP contribution in [0.3, 0.4) is 0 Å². The molecule has 6 rings (SSSR count). The van der Waals surface area contributed by atoms with Gasteiger partial charge in [-0.1, -0.05) is 0 Å². The average Bonchev–Trinajstić information content (AvgIpc) is 3.16. The van der Waals surface area contributed by atoms with Crippen LogP contribution in [0.15, 0.2) is 55.0 Å². The van der Waals surface area contributed by atoms with Crippen LogP contribution in [0, 0.1) is 0 Å². The molecule has 1 aliphatic carbocycles. The van der Waals surface area contributed by atoms with E-state index in [1.807, 2.05) is 48.8 Å². The zero-order valence-electron chi connectivity index (χ0n) is 16.1. The molecule has 2 aliphatic rings. The van der Waals surface area contributed by atoms with Crippen LogP contribution in [0.2, 0.25) is 0 Å². The standard InChI is InChI=1S/C22H19N7O/c30-21-18-8-5-16(9-15(18)10-23-21)25-22-26-20(27-28-22)14-3-6-17(7-4-14)29-11-19(24-12-29)13-1-2-13/h3-9,11-13H,1-2,10H2,(H,23,30)(H2,25,26,27,28). The second kappa shape index (κ2) is 6.55. The summed E-state index contributed by atoms with van der Waals surface area (Å²) < 4.78 is 2.05. The first kappa shape index (κ1) is 17.0. The van der Waals surface area contributed by atoms with Crippen molar-refractivity contribution in [1.82, 2.24) is 30.0 Å². The van der Waals surface area contributed by atoms with Gasteiger partial charge in [-0.2, -0.15) is 4.98 Å². The summed E-state index contributed by atoms with van der Waals surface area (Å²) >= 11 is 0. The summed E-state index contributed by atoms with van der Waals surface area (Å²) in [4.78, 5) is 20.7. The summed E-state index contributed by atoms with van der Waals surface area (Å²) in [6, 6.07) is 13.7. The van der Waals surface area contributed by atoms with Gasteiger partial charge in [-0.15, -0.1) is 5.10 Å². The zero-order chi connectivity index (χ0) is 20.1. The fourth-order valence-electron chi connectivity index (χ4n) is 3.75. The van der Waals surface area contributed by atoms with E-state index < -0.39 is 0 Å². The predicted molar refractivity (Wildman–Crippen MR) is 112 cm³/mol. The molecule has 2 aromatic carbocycles. The van der Waals surface area contributed by atoms with Crippen molar-refractivity contribution in [3.63, 3.8) is 0 Å². The van der Waals surface area contributed by atoms with E-state index in [2.05, 4.69) is 41.6 Å². The van der Waals surface area contributed by atoms with Crippen molar-refractivity contribution < 1.29 is 4.79 Å². The van der Waals surface area contributed by atoms with Crippen LogP contribution < -0.4 is 10.6 Å². The van der Waals surface area contributed by atoms with Crippen LogP contribution in [-0.2, 0) is 6.54 Å². The van der Waals surface area contributed by atoms with Gasteiger partial charge in [0.15, 0.2) is 5.82 Å². The SMILES string of the molecule is O=C1NCc2cc(Nc3n[nH]c(-c4ccc(-n5cnc(C6CC6)c5)cc4)n3)ccc21. The van der Waals surface area contributed by atoms with Crippen LogP contribution in [0.5, 0.6) is 0 Å². The van der Waals surface area contributed by atoms with E-state index in [1.165, 1.54) is 18.5 Å². The summed E-state index contributed by atoms with van der Waals surface area (Å²) in [6.07, 6.45) is 6.48. The highest BCUT2D eigenvalue weighted by Crippen LogP contribution is 2.39. The van der Waals surface area contributed by atoms with Crippen molar-refractivity contribution in [1.29, 1.82) is 0 Å². The Hall–Kier alpha value is -3.94. The normalized spacial score (nSPS) is 15.1. The van der Waals surface area contributed by atoms with Crippen molar-refractivity contribution in [3.05, 3.63) is 71.8 Å². The number of hydrogen-bond acceptors (Lipinski definition) is 5. The number of rotatable bonds is 5. The number of carbonyl (C=O) groups excluding carboxylic acids is 1. The maximum atomic E-state index is 11.7. The Kier molecular flexibility index (Phi) is 3.70. The molecule has 3 N–H and O–H groups in total. The van der Waals surface area contributed by atoms with Crippen molar-refractivity contribution >= 4 is 17.5 Å². The maximum Gasteiger partial charge on any atom is 0.251 e. The Morgan fingerprint density at radius 3 is 2.80 bits per heavy atom. The first-order valence-electron chi connectivity index (χ1n) is 9.98. The van der Waals surface area contributed by atoms with Gasteiger partial charge < -0.3 is 15.2 Å². The third kappa shape index (κ3) is 3.02. The van der Waals surface area contributed by atoms with Crippen LogP contribution in [0.4, 0.5) is 11.6 Å². The Morgan fingerprint density at radius 2 is 1.97 bits per heavy atom. The Labute approximate surface area is 172 Å². The van der Waals surface area contributed by atoms with Crippen LogP contribution in [-0.4, -0.2) is 30.6 Å². The van der Waals surface area contributed by atoms with Crippen molar-refractivity contribution in [2.75, 3.05) is 5.32 Å². The average molecular weight is 397 g/mol. The fourth-order valence-corrected chi connectivity index (χ4v) is 3.75. The number of fused-ring (bicyclic) bond motifs is 1. The van der Waals surface area contributed by atoms with Gasteiger partial charge in [0, 0.05) is 41.2 Å². The number of aromatic nitrogens is 5. The van der Waals surface area contributed by atoms with Gasteiger partial charge in [0.25, 0.3) is 5.91 Å². The maximum absolute atomic E-state index is 11.7. The summed E-state index contributed by atoms with van der Waals surface area (Å²) in [7, 11) is 0. The third-order valence-electron chi connectivity index (χ3n) is 5.57. The van der Waals surface area contributed by atoms with E-state index in [4.69, 9.17) is 0 Å². The minimum absolute atomic E-state index is 0.0281. The number of benzene rings is 2. The number of nitrogens with one attached hydrogen (secondary N) is 3. The molecule has 0 spiro atoms. The molecule has 1 saturated carbocycles. The molecule has 8 nitrogen and oxygen atoms in total. The minimum Gasteiger partial charge on any atom is -0.348 e. The molecular formula is C22H19N7O. The Morgan fingerprint density at radius 1 is 1.10 bits per heavy atom. The highest BCUT2D eigenvalue weighted by Gasteiger charge is 2.25. The summed E-state index contributed by atoms with van der Waals surface area (Å²) in [5.74, 6) is 1.79. The zero-order valence-corrected chi connectivity index (χ0v) is 16.1. The first-order valence-corrected chi connectivity index (χ1v) is 9.98.